The topological polar surface area (TPSA) is 24.7 Å². The minimum atomic E-state index is 0.0758. The van der Waals surface area contributed by atoms with Crippen LogP contribution < -0.4 is 0 Å². The highest BCUT2D eigenvalue weighted by molar-refractivity contribution is 6.01. The number of amidine groups is 1. The van der Waals surface area contributed by atoms with Crippen molar-refractivity contribution in [2.45, 2.75) is 13.0 Å². The van der Waals surface area contributed by atoms with Crippen molar-refractivity contribution in [3.05, 3.63) is 71.8 Å². The van der Waals surface area contributed by atoms with Gasteiger partial charge in [0.25, 0.3) is 0 Å². The van der Waals surface area contributed by atoms with E-state index in [1.54, 1.807) is 0 Å². The predicted molar refractivity (Wildman–Crippen MR) is 77.4 cm³/mol. The summed E-state index contributed by atoms with van der Waals surface area (Å²) in [6.07, 6.45) is 0. The van der Waals surface area contributed by atoms with E-state index in [0.717, 1.165) is 5.56 Å². The Morgan fingerprint density at radius 3 is 2.06 bits per heavy atom. The lowest BCUT2D eigenvalue weighted by Gasteiger charge is -2.08. The summed E-state index contributed by atoms with van der Waals surface area (Å²) < 4.78 is 0. The normalized spacial score (nSPS) is 13.1. The Morgan fingerprint density at radius 2 is 1.50 bits per heavy atom. The first kappa shape index (κ1) is 12.2. The highest BCUT2D eigenvalue weighted by atomic mass is 14.9. The van der Waals surface area contributed by atoms with Crippen molar-refractivity contribution < 1.29 is 0 Å². The van der Waals surface area contributed by atoms with Crippen molar-refractivity contribution >= 4 is 12.6 Å². The van der Waals surface area contributed by atoms with Gasteiger partial charge in [-0.2, -0.15) is 0 Å². The van der Waals surface area contributed by atoms with Crippen molar-refractivity contribution in [3.63, 3.8) is 0 Å². The number of aliphatic imine (C=N–C) groups is 2. The molecule has 2 rings (SSSR count). The summed E-state index contributed by atoms with van der Waals surface area (Å²) in [5.74, 6) is 0.687. The molecule has 0 bridgehead atoms. The Kier molecular flexibility index (Phi) is 4.02. The molecule has 0 saturated carbocycles. The van der Waals surface area contributed by atoms with Gasteiger partial charge in [-0.3, -0.25) is 4.99 Å². The number of hydrogen-bond acceptors (Lipinski definition) is 1. The molecule has 2 nitrogen and oxygen atoms in total. The number of rotatable bonds is 3. The summed E-state index contributed by atoms with van der Waals surface area (Å²) >= 11 is 0. The summed E-state index contributed by atoms with van der Waals surface area (Å²) in [5, 5.41) is 0. The van der Waals surface area contributed by atoms with E-state index >= 15 is 0 Å². The van der Waals surface area contributed by atoms with Gasteiger partial charge in [0.05, 0.1) is 6.04 Å². The van der Waals surface area contributed by atoms with Crippen LogP contribution in [0.4, 0.5) is 0 Å². The molecule has 0 aromatic heterocycles. The van der Waals surface area contributed by atoms with E-state index in [1.165, 1.54) is 5.56 Å². The lowest BCUT2D eigenvalue weighted by atomic mass is 10.1. The maximum absolute atomic E-state index is 4.62. The van der Waals surface area contributed by atoms with E-state index in [9.17, 15) is 0 Å². The lowest BCUT2D eigenvalue weighted by Crippen LogP contribution is -2.00. The SMILES string of the molecule is C=NC(=NC(C)c1ccccc1)c1ccccc1. The van der Waals surface area contributed by atoms with Crippen LogP contribution in [0.2, 0.25) is 0 Å². The molecule has 2 heteroatoms. The molecular formula is C16H16N2. The quantitative estimate of drug-likeness (QED) is 0.570. The van der Waals surface area contributed by atoms with Crippen LogP contribution in [0.25, 0.3) is 0 Å². The van der Waals surface area contributed by atoms with Gasteiger partial charge in [0, 0.05) is 5.56 Å². The molecule has 0 fully saturated rings. The molecule has 18 heavy (non-hydrogen) atoms. The third-order valence-electron chi connectivity index (χ3n) is 2.78. The predicted octanol–water partition coefficient (Wildman–Crippen LogP) is 3.90. The van der Waals surface area contributed by atoms with E-state index in [0.29, 0.717) is 5.84 Å². The fourth-order valence-electron chi connectivity index (χ4n) is 1.78. The third-order valence-corrected chi connectivity index (χ3v) is 2.78. The number of hydrogen-bond donors (Lipinski definition) is 0. The average molecular weight is 236 g/mol. The third kappa shape index (κ3) is 2.92. The van der Waals surface area contributed by atoms with Crippen molar-refractivity contribution in [1.29, 1.82) is 0 Å². The first-order valence-corrected chi connectivity index (χ1v) is 5.96. The summed E-state index contributed by atoms with van der Waals surface area (Å²) in [7, 11) is 0. The van der Waals surface area contributed by atoms with Crippen LogP contribution in [0, 0.1) is 0 Å². The first-order valence-electron chi connectivity index (χ1n) is 5.96. The van der Waals surface area contributed by atoms with Gasteiger partial charge in [0.2, 0.25) is 0 Å². The Hall–Kier alpha value is -2.22. The van der Waals surface area contributed by atoms with E-state index in [-0.39, 0.29) is 6.04 Å². The molecule has 0 aliphatic carbocycles. The van der Waals surface area contributed by atoms with Crippen LogP contribution in [0.3, 0.4) is 0 Å². The molecule has 0 spiro atoms. The molecule has 2 aromatic rings. The molecule has 0 radical (unpaired) electrons. The zero-order chi connectivity index (χ0) is 12.8. The second-order valence-corrected chi connectivity index (χ2v) is 4.06. The van der Waals surface area contributed by atoms with Crippen LogP contribution in [0.15, 0.2) is 70.6 Å². The second kappa shape index (κ2) is 5.92. The average Bonchev–Trinajstić information content (AvgIpc) is 2.46. The standard InChI is InChI=1S/C16H16N2/c1-13(14-9-5-3-6-10-14)18-16(17-2)15-11-7-4-8-12-15/h3-13H,2H2,1H3. The smallest absolute Gasteiger partial charge is 0.154 e. The van der Waals surface area contributed by atoms with E-state index in [2.05, 4.69) is 35.8 Å². The highest BCUT2D eigenvalue weighted by Crippen LogP contribution is 2.17. The van der Waals surface area contributed by atoms with Gasteiger partial charge in [0.15, 0.2) is 5.84 Å². The van der Waals surface area contributed by atoms with Crippen molar-refractivity contribution in [3.8, 4) is 0 Å². The number of nitrogens with zero attached hydrogens (tertiary/aromatic N) is 2. The monoisotopic (exact) mass is 236 g/mol. The molecule has 1 atom stereocenters. The van der Waals surface area contributed by atoms with E-state index in [1.807, 2.05) is 48.5 Å². The van der Waals surface area contributed by atoms with Gasteiger partial charge < -0.3 is 0 Å². The zero-order valence-corrected chi connectivity index (χ0v) is 10.5. The molecule has 90 valence electrons. The maximum atomic E-state index is 4.62. The molecular weight excluding hydrogens is 220 g/mol. The maximum Gasteiger partial charge on any atom is 0.154 e. The summed E-state index contributed by atoms with van der Waals surface area (Å²) in [6, 6.07) is 20.2. The van der Waals surface area contributed by atoms with Crippen LogP contribution in [-0.4, -0.2) is 12.6 Å². The molecule has 0 aliphatic rings. The molecule has 0 heterocycles. The Balaban J connectivity index is 2.28. The first-order chi connectivity index (χ1) is 8.81. The zero-order valence-electron chi connectivity index (χ0n) is 10.5. The fourth-order valence-corrected chi connectivity index (χ4v) is 1.78. The Labute approximate surface area is 108 Å². The molecule has 0 saturated heterocycles. The number of benzene rings is 2. The minimum absolute atomic E-state index is 0.0758. The molecule has 0 aliphatic heterocycles. The van der Waals surface area contributed by atoms with Crippen molar-refractivity contribution in [1.82, 2.24) is 0 Å². The summed E-state index contributed by atoms with van der Waals surface area (Å²) in [4.78, 5) is 8.65. The van der Waals surface area contributed by atoms with Crippen LogP contribution in [-0.2, 0) is 0 Å². The van der Waals surface area contributed by atoms with Crippen molar-refractivity contribution in [2.75, 3.05) is 0 Å². The molecule has 2 aromatic carbocycles. The van der Waals surface area contributed by atoms with Crippen LogP contribution >= 0.6 is 0 Å². The van der Waals surface area contributed by atoms with Crippen LogP contribution in [0.5, 0.6) is 0 Å². The molecule has 0 amide bonds. The van der Waals surface area contributed by atoms with Gasteiger partial charge in [-0.25, -0.2) is 4.99 Å². The summed E-state index contributed by atoms with van der Waals surface area (Å²) in [5.41, 5.74) is 2.17. The fraction of sp³-hybridized carbons (Fsp3) is 0.125. The van der Waals surface area contributed by atoms with Gasteiger partial charge in [-0.15, -0.1) is 0 Å². The largest absolute Gasteiger partial charge is 0.258 e. The Bertz CT molecular complexity index is 530. The minimum Gasteiger partial charge on any atom is -0.258 e. The van der Waals surface area contributed by atoms with Gasteiger partial charge >= 0.3 is 0 Å². The molecule has 0 N–H and O–H groups in total. The second-order valence-electron chi connectivity index (χ2n) is 4.06. The highest BCUT2D eigenvalue weighted by Gasteiger charge is 2.05. The van der Waals surface area contributed by atoms with Crippen LogP contribution in [0.1, 0.15) is 24.1 Å². The van der Waals surface area contributed by atoms with Gasteiger partial charge in [-0.1, -0.05) is 60.7 Å². The molecule has 1 unspecified atom stereocenters. The summed E-state index contributed by atoms with van der Waals surface area (Å²) in [6.45, 7) is 5.66. The Morgan fingerprint density at radius 1 is 0.944 bits per heavy atom. The lowest BCUT2D eigenvalue weighted by molar-refractivity contribution is 0.819. The van der Waals surface area contributed by atoms with E-state index < -0.39 is 0 Å². The van der Waals surface area contributed by atoms with Gasteiger partial charge in [-0.05, 0) is 19.2 Å². The van der Waals surface area contributed by atoms with Gasteiger partial charge in [0.1, 0.15) is 0 Å². The van der Waals surface area contributed by atoms with Crippen molar-refractivity contribution in [2.24, 2.45) is 9.98 Å². The van der Waals surface area contributed by atoms with E-state index in [4.69, 9.17) is 0 Å².